The van der Waals surface area contributed by atoms with Gasteiger partial charge in [-0.05, 0) is 25.0 Å². The fourth-order valence-corrected chi connectivity index (χ4v) is 1.81. The summed E-state index contributed by atoms with van der Waals surface area (Å²) in [5, 5.41) is 0. The Morgan fingerprint density at radius 1 is 0.750 bits per heavy atom. The van der Waals surface area contributed by atoms with Crippen LogP contribution >= 0.6 is 0 Å². The zero-order valence-corrected chi connectivity index (χ0v) is 12.4. The summed E-state index contributed by atoms with van der Waals surface area (Å²) in [7, 11) is 0. The molecular formula is C16H24F2O2. The highest BCUT2D eigenvalue weighted by Gasteiger charge is 2.15. The van der Waals surface area contributed by atoms with Crippen LogP contribution in [0.1, 0.15) is 52.4 Å². The molecule has 0 fully saturated rings. The SMILES string of the molecule is CCCCCOc1ccc(OCCCCC)c(F)c1F. The third-order valence-electron chi connectivity index (χ3n) is 3.02. The zero-order valence-electron chi connectivity index (χ0n) is 12.4. The second-order valence-corrected chi connectivity index (χ2v) is 4.80. The van der Waals surface area contributed by atoms with Crippen molar-refractivity contribution in [1.29, 1.82) is 0 Å². The molecule has 0 bridgehead atoms. The van der Waals surface area contributed by atoms with Crippen molar-refractivity contribution in [3.63, 3.8) is 0 Å². The van der Waals surface area contributed by atoms with E-state index in [9.17, 15) is 8.78 Å². The first-order valence-corrected chi connectivity index (χ1v) is 7.44. The van der Waals surface area contributed by atoms with E-state index in [2.05, 4.69) is 13.8 Å². The van der Waals surface area contributed by atoms with Gasteiger partial charge < -0.3 is 9.47 Å². The summed E-state index contributed by atoms with van der Waals surface area (Å²) in [4.78, 5) is 0. The highest BCUT2D eigenvalue weighted by Crippen LogP contribution is 2.27. The quantitative estimate of drug-likeness (QED) is 0.557. The number of rotatable bonds is 10. The first kappa shape index (κ1) is 16.7. The normalized spacial score (nSPS) is 10.6. The van der Waals surface area contributed by atoms with E-state index in [-0.39, 0.29) is 11.5 Å². The van der Waals surface area contributed by atoms with Gasteiger partial charge in [0.05, 0.1) is 13.2 Å². The van der Waals surface area contributed by atoms with Crippen molar-refractivity contribution in [2.45, 2.75) is 52.4 Å². The Morgan fingerprint density at radius 2 is 1.15 bits per heavy atom. The van der Waals surface area contributed by atoms with E-state index in [1.807, 2.05) is 0 Å². The fraction of sp³-hybridized carbons (Fsp3) is 0.625. The van der Waals surface area contributed by atoms with Gasteiger partial charge in [-0.1, -0.05) is 39.5 Å². The van der Waals surface area contributed by atoms with Gasteiger partial charge in [-0.2, -0.15) is 8.78 Å². The lowest BCUT2D eigenvalue weighted by atomic mass is 10.2. The van der Waals surface area contributed by atoms with Crippen LogP contribution in [0.2, 0.25) is 0 Å². The van der Waals surface area contributed by atoms with Crippen molar-refractivity contribution >= 4 is 0 Å². The smallest absolute Gasteiger partial charge is 0.204 e. The molecule has 0 saturated carbocycles. The van der Waals surface area contributed by atoms with Gasteiger partial charge in [-0.15, -0.1) is 0 Å². The molecule has 2 nitrogen and oxygen atoms in total. The van der Waals surface area contributed by atoms with Gasteiger partial charge in [-0.3, -0.25) is 0 Å². The summed E-state index contributed by atoms with van der Waals surface area (Å²) in [5.74, 6) is -2.01. The molecule has 0 aliphatic carbocycles. The standard InChI is InChI=1S/C16H24F2O2/c1-3-5-7-11-19-13-9-10-14(16(18)15(13)17)20-12-8-6-4-2/h9-10H,3-8,11-12H2,1-2H3. The van der Waals surface area contributed by atoms with E-state index in [1.165, 1.54) is 12.1 Å². The van der Waals surface area contributed by atoms with Gasteiger partial charge in [0.15, 0.2) is 11.5 Å². The monoisotopic (exact) mass is 286 g/mol. The predicted molar refractivity (Wildman–Crippen MR) is 76.4 cm³/mol. The summed E-state index contributed by atoms with van der Waals surface area (Å²) in [6.45, 7) is 4.96. The molecule has 0 aliphatic heterocycles. The molecule has 0 spiro atoms. The molecule has 0 aliphatic rings. The number of ether oxygens (including phenoxy) is 2. The third-order valence-corrected chi connectivity index (χ3v) is 3.02. The molecule has 0 amide bonds. The minimum atomic E-state index is -0.963. The van der Waals surface area contributed by atoms with Crippen LogP contribution in [0, 0.1) is 11.6 Å². The van der Waals surface area contributed by atoms with E-state index in [0.717, 1.165) is 38.5 Å². The maximum absolute atomic E-state index is 13.8. The molecule has 0 radical (unpaired) electrons. The molecule has 0 aromatic heterocycles. The van der Waals surface area contributed by atoms with E-state index < -0.39 is 11.6 Å². The van der Waals surface area contributed by atoms with Crippen molar-refractivity contribution in [2.24, 2.45) is 0 Å². The second kappa shape index (κ2) is 9.56. The van der Waals surface area contributed by atoms with E-state index >= 15 is 0 Å². The van der Waals surface area contributed by atoms with Crippen molar-refractivity contribution in [3.8, 4) is 11.5 Å². The molecule has 114 valence electrons. The number of hydrogen-bond donors (Lipinski definition) is 0. The molecule has 20 heavy (non-hydrogen) atoms. The lowest BCUT2D eigenvalue weighted by Gasteiger charge is -2.11. The van der Waals surface area contributed by atoms with Crippen molar-refractivity contribution in [2.75, 3.05) is 13.2 Å². The predicted octanol–water partition coefficient (Wildman–Crippen LogP) is 5.10. The van der Waals surface area contributed by atoms with Crippen molar-refractivity contribution < 1.29 is 18.3 Å². The lowest BCUT2D eigenvalue weighted by Crippen LogP contribution is -2.04. The second-order valence-electron chi connectivity index (χ2n) is 4.80. The average Bonchev–Trinajstić information content (AvgIpc) is 2.46. The Labute approximate surface area is 120 Å². The minimum absolute atomic E-state index is 0.0421. The van der Waals surface area contributed by atoms with E-state index in [1.54, 1.807) is 0 Å². The van der Waals surface area contributed by atoms with Gasteiger partial charge in [0.25, 0.3) is 0 Å². The number of unbranched alkanes of at least 4 members (excludes halogenated alkanes) is 4. The molecule has 1 aromatic rings. The molecule has 0 atom stereocenters. The average molecular weight is 286 g/mol. The summed E-state index contributed by atoms with van der Waals surface area (Å²) < 4.78 is 38.0. The van der Waals surface area contributed by atoms with E-state index in [0.29, 0.717) is 13.2 Å². The molecular weight excluding hydrogens is 262 g/mol. The zero-order chi connectivity index (χ0) is 14.8. The summed E-state index contributed by atoms with van der Waals surface area (Å²) in [6.07, 6.45) is 5.83. The molecule has 1 aromatic carbocycles. The van der Waals surface area contributed by atoms with Crippen LogP contribution < -0.4 is 9.47 Å². The molecule has 4 heteroatoms. The number of halogens is 2. The summed E-state index contributed by atoms with van der Waals surface area (Å²) in [6, 6.07) is 2.86. The fourth-order valence-electron chi connectivity index (χ4n) is 1.81. The van der Waals surface area contributed by atoms with Crippen LogP contribution in [0.25, 0.3) is 0 Å². The van der Waals surface area contributed by atoms with Crippen LogP contribution in [-0.2, 0) is 0 Å². The first-order valence-electron chi connectivity index (χ1n) is 7.44. The van der Waals surface area contributed by atoms with Crippen LogP contribution in [0.5, 0.6) is 11.5 Å². The van der Waals surface area contributed by atoms with Crippen LogP contribution in [-0.4, -0.2) is 13.2 Å². The number of hydrogen-bond acceptors (Lipinski definition) is 2. The van der Waals surface area contributed by atoms with Crippen LogP contribution in [0.15, 0.2) is 12.1 Å². The van der Waals surface area contributed by atoms with Gasteiger partial charge in [0.1, 0.15) is 0 Å². The minimum Gasteiger partial charge on any atom is -0.490 e. The third kappa shape index (κ3) is 5.35. The molecule has 0 heterocycles. The first-order chi connectivity index (χ1) is 9.70. The maximum Gasteiger partial charge on any atom is 0.204 e. The molecule has 0 N–H and O–H groups in total. The maximum atomic E-state index is 13.8. The summed E-state index contributed by atoms with van der Waals surface area (Å²) in [5.41, 5.74) is 0. The van der Waals surface area contributed by atoms with Gasteiger partial charge in [0, 0.05) is 0 Å². The molecule has 0 saturated heterocycles. The Hall–Kier alpha value is -1.32. The topological polar surface area (TPSA) is 18.5 Å². The highest BCUT2D eigenvalue weighted by molar-refractivity contribution is 5.35. The van der Waals surface area contributed by atoms with Gasteiger partial charge >= 0.3 is 0 Å². The Bertz CT molecular complexity index is 357. The largest absolute Gasteiger partial charge is 0.490 e. The van der Waals surface area contributed by atoms with Crippen LogP contribution in [0.3, 0.4) is 0 Å². The van der Waals surface area contributed by atoms with Gasteiger partial charge in [0.2, 0.25) is 11.6 Å². The van der Waals surface area contributed by atoms with Crippen molar-refractivity contribution in [1.82, 2.24) is 0 Å². The Balaban J connectivity index is 2.52. The van der Waals surface area contributed by atoms with Crippen molar-refractivity contribution in [3.05, 3.63) is 23.8 Å². The summed E-state index contributed by atoms with van der Waals surface area (Å²) >= 11 is 0. The molecule has 1 rings (SSSR count). The number of benzene rings is 1. The molecule has 0 unspecified atom stereocenters. The van der Waals surface area contributed by atoms with Crippen LogP contribution in [0.4, 0.5) is 8.78 Å². The van der Waals surface area contributed by atoms with Gasteiger partial charge in [-0.25, -0.2) is 0 Å². The Morgan fingerprint density at radius 3 is 1.50 bits per heavy atom. The Kier molecular flexibility index (Phi) is 8.00. The highest BCUT2D eigenvalue weighted by atomic mass is 19.2. The van der Waals surface area contributed by atoms with E-state index in [4.69, 9.17) is 9.47 Å². The lowest BCUT2D eigenvalue weighted by molar-refractivity contribution is 0.267.